The van der Waals surface area contributed by atoms with Crippen molar-refractivity contribution >= 4 is 0 Å². The summed E-state index contributed by atoms with van der Waals surface area (Å²) in [5, 5.41) is 8.59. The second-order valence-electron chi connectivity index (χ2n) is 4.37. The van der Waals surface area contributed by atoms with Gasteiger partial charge in [-0.2, -0.15) is 0 Å². The van der Waals surface area contributed by atoms with Crippen LogP contribution in [-0.2, 0) is 9.47 Å². The molecule has 0 aliphatic carbocycles. The smallest absolute Gasteiger partial charge is 0.146 e. The molecule has 0 amide bonds. The second-order valence-corrected chi connectivity index (χ2v) is 4.37. The predicted octanol–water partition coefficient (Wildman–Crippen LogP) is 3.11. The minimum atomic E-state index is 0.287. The van der Waals surface area contributed by atoms with Crippen LogP contribution in [0.5, 0.6) is 0 Å². The topological polar surface area (TPSA) is 38.7 Å². The summed E-state index contributed by atoms with van der Waals surface area (Å²) in [4.78, 5) is 0. The van der Waals surface area contributed by atoms with Crippen LogP contribution >= 0.6 is 0 Å². The molecule has 0 heterocycles. The molecule has 0 spiro atoms. The highest BCUT2D eigenvalue weighted by Gasteiger charge is 1.90. The Bertz CT molecular complexity index is 206. The fraction of sp³-hybridized carbons (Fsp3) is 0.867. The van der Waals surface area contributed by atoms with Crippen LogP contribution in [0.1, 0.15) is 57.8 Å². The monoisotopic (exact) mass is 256 g/mol. The van der Waals surface area contributed by atoms with Crippen LogP contribution in [-0.4, -0.2) is 32.2 Å². The van der Waals surface area contributed by atoms with Gasteiger partial charge in [-0.05, 0) is 25.7 Å². The molecule has 0 rings (SSSR count). The van der Waals surface area contributed by atoms with E-state index in [4.69, 9.17) is 14.6 Å². The van der Waals surface area contributed by atoms with Crippen molar-refractivity contribution in [3.63, 3.8) is 0 Å². The number of aliphatic hydroxyl groups is 1. The lowest BCUT2D eigenvalue weighted by atomic mass is 10.1. The maximum absolute atomic E-state index is 8.59. The number of methoxy groups -OCH3 is 1. The van der Waals surface area contributed by atoms with Crippen LogP contribution in [0.4, 0.5) is 0 Å². The summed E-state index contributed by atoms with van der Waals surface area (Å²) in [6.45, 7) is 1.50. The van der Waals surface area contributed by atoms with Gasteiger partial charge in [0, 0.05) is 33.2 Å². The molecule has 3 nitrogen and oxygen atoms in total. The van der Waals surface area contributed by atoms with Gasteiger partial charge in [-0.25, -0.2) is 0 Å². The van der Waals surface area contributed by atoms with Gasteiger partial charge in [0.05, 0.1) is 0 Å². The van der Waals surface area contributed by atoms with Crippen molar-refractivity contribution in [1.29, 1.82) is 0 Å². The van der Waals surface area contributed by atoms with Crippen molar-refractivity contribution in [2.24, 2.45) is 0 Å². The van der Waals surface area contributed by atoms with Gasteiger partial charge in [0.1, 0.15) is 6.79 Å². The summed E-state index contributed by atoms with van der Waals surface area (Å²) in [5.74, 6) is 6.34. The summed E-state index contributed by atoms with van der Waals surface area (Å²) >= 11 is 0. The van der Waals surface area contributed by atoms with Gasteiger partial charge in [0.15, 0.2) is 0 Å². The minimum absolute atomic E-state index is 0.287. The van der Waals surface area contributed by atoms with Crippen LogP contribution in [0.25, 0.3) is 0 Å². The maximum atomic E-state index is 8.59. The fourth-order valence-corrected chi connectivity index (χ4v) is 1.59. The van der Waals surface area contributed by atoms with Crippen molar-refractivity contribution in [2.45, 2.75) is 57.8 Å². The Hall–Kier alpha value is -0.560. The van der Waals surface area contributed by atoms with Crippen molar-refractivity contribution in [3.05, 3.63) is 0 Å². The lowest BCUT2D eigenvalue weighted by molar-refractivity contribution is -0.0315. The first kappa shape index (κ1) is 17.4. The normalized spacial score (nSPS) is 10.1. The molecule has 0 aromatic heterocycles. The first-order valence-corrected chi connectivity index (χ1v) is 7.05. The number of hydrogen-bond donors (Lipinski definition) is 1. The molecule has 0 radical (unpaired) electrons. The number of rotatable bonds is 12. The van der Waals surface area contributed by atoms with E-state index in [-0.39, 0.29) is 6.61 Å². The standard InChI is InChI=1S/C15H28O3/c1-17-15-18-14-12-10-8-6-4-2-3-5-7-9-11-13-16/h16H,2,4,6-15H2,1H3. The maximum Gasteiger partial charge on any atom is 0.146 e. The van der Waals surface area contributed by atoms with Gasteiger partial charge in [-0.3, -0.25) is 0 Å². The van der Waals surface area contributed by atoms with E-state index in [1.807, 2.05) is 0 Å². The van der Waals surface area contributed by atoms with E-state index in [0.717, 1.165) is 38.7 Å². The molecular weight excluding hydrogens is 228 g/mol. The first-order chi connectivity index (χ1) is 8.91. The lowest BCUT2D eigenvalue weighted by Gasteiger charge is -2.02. The summed E-state index contributed by atoms with van der Waals surface area (Å²) in [5.41, 5.74) is 0. The van der Waals surface area contributed by atoms with Crippen molar-refractivity contribution in [2.75, 3.05) is 27.1 Å². The molecule has 1 N–H and O–H groups in total. The average Bonchev–Trinajstić information content (AvgIpc) is 2.39. The Morgan fingerprint density at radius 3 is 2.11 bits per heavy atom. The zero-order chi connectivity index (χ0) is 13.3. The molecule has 0 fully saturated rings. The molecule has 0 bridgehead atoms. The van der Waals surface area contributed by atoms with Crippen LogP contribution in [0.2, 0.25) is 0 Å². The number of unbranched alkanes of at least 4 members (excludes halogenated alkanes) is 7. The minimum Gasteiger partial charge on any atom is -0.396 e. The van der Waals surface area contributed by atoms with E-state index < -0.39 is 0 Å². The Kier molecular flexibility index (Phi) is 15.9. The Balaban J connectivity index is 3.02. The molecule has 0 unspecified atom stereocenters. The average molecular weight is 256 g/mol. The Labute approximate surface area is 112 Å². The molecule has 0 aliphatic rings. The van der Waals surface area contributed by atoms with E-state index in [0.29, 0.717) is 6.79 Å². The largest absolute Gasteiger partial charge is 0.396 e. The van der Waals surface area contributed by atoms with Crippen molar-refractivity contribution < 1.29 is 14.6 Å². The van der Waals surface area contributed by atoms with E-state index in [2.05, 4.69) is 11.8 Å². The molecule has 0 aromatic carbocycles. The first-order valence-electron chi connectivity index (χ1n) is 7.05. The zero-order valence-corrected chi connectivity index (χ0v) is 11.7. The van der Waals surface area contributed by atoms with E-state index >= 15 is 0 Å². The molecule has 0 saturated heterocycles. The summed E-state index contributed by atoms with van der Waals surface area (Å²) in [6, 6.07) is 0. The van der Waals surface area contributed by atoms with Gasteiger partial charge >= 0.3 is 0 Å². The highest BCUT2D eigenvalue weighted by molar-refractivity contribution is 4.98. The molecule has 106 valence electrons. The van der Waals surface area contributed by atoms with Gasteiger partial charge in [0.25, 0.3) is 0 Å². The van der Waals surface area contributed by atoms with Crippen LogP contribution < -0.4 is 0 Å². The molecule has 0 saturated carbocycles. The molecule has 3 heteroatoms. The molecule has 0 aliphatic heterocycles. The molecule has 0 atom stereocenters. The third kappa shape index (κ3) is 15.4. The number of hydrogen-bond acceptors (Lipinski definition) is 3. The molecule has 18 heavy (non-hydrogen) atoms. The highest BCUT2D eigenvalue weighted by atomic mass is 16.7. The van der Waals surface area contributed by atoms with Crippen LogP contribution in [0.15, 0.2) is 0 Å². The fourth-order valence-electron chi connectivity index (χ4n) is 1.59. The molecular formula is C15H28O3. The van der Waals surface area contributed by atoms with Crippen molar-refractivity contribution in [1.82, 2.24) is 0 Å². The zero-order valence-electron chi connectivity index (χ0n) is 11.7. The van der Waals surface area contributed by atoms with Gasteiger partial charge in [0.2, 0.25) is 0 Å². The Morgan fingerprint density at radius 1 is 0.833 bits per heavy atom. The van der Waals surface area contributed by atoms with Gasteiger partial charge in [-0.1, -0.05) is 19.3 Å². The summed E-state index contributed by atoms with van der Waals surface area (Å²) in [6.07, 6.45) is 9.91. The van der Waals surface area contributed by atoms with E-state index in [1.54, 1.807) is 7.11 Å². The second kappa shape index (κ2) is 16.4. The third-order valence-corrected chi connectivity index (χ3v) is 2.63. The molecule has 0 aromatic rings. The predicted molar refractivity (Wildman–Crippen MR) is 74.2 cm³/mol. The van der Waals surface area contributed by atoms with Crippen LogP contribution in [0, 0.1) is 11.8 Å². The highest BCUT2D eigenvalue weighted by Crippen LogP contribution is 2.05. The number of ether oxygens (including phenoxy) is 2. The quantitative estimate of drug-likeness (QED) is 0.331. The van der Waals surface area contributed by atoms with Crippen LogP contribution in [0.3, 0.4) is 0 Å². The van der Waals surface area contributed by atoms with Gasteiger partial charge in [-0.15, -0.1) is 11.8 Å². The Morgan fingerprint density at radius 2 is 1.44 bits per heavy atom. The third-order valence-electron chi connectivity index (χ3n) is 2.63. The SMILES string of the molecule is COCOCCCCCCCC#CCCCCO. The lowest BCUT2D eigenvalue weighted by Crippen LogP contribution is -1.98. The van der Waals surface area contributed by atoms with E-state index in [9.17, 15) is 0 Å². The summed E-state index contributed by atoms with van der Waals surface area (Å²) in [7, 11) is 1.64. The number of aliphatic hydroxyl groups excluding tert-OH is 1. The van der Waals surface area contributed by atoms with Gasteiger partial charge < -0.3 is 14.6 Å². The van der Waals surface area contributed by atoms with E-state index in [1.165, 1.54) is 25.7 Å². The summed E-state index contributed by atoms with van der Waals surface area (Å²) < 4.78 is 10.0. The van der Waals surface area contributed by atoms with Crippen molar-refractivity contribution in [3.8, 4) is 11.8 Å².